The number of methoxy groups -OCH3 is 1. The number of ether oxygens (including phenoxy) is 1. The number of aryl methyl sites for hydroxylation is 1. The van der Waals surface area contributed by atoms with Crippen LogP contribution in [0.3, 0.4) is 0 Å². The Labute approximate surface area is 155 Å². The third-order valence-corrected chi connectivity index (χ3v) is 7.18. The highest BCUT2D eigenvalue weighted by Crippen LogP contribution is 2.22. The van der Waals surface area contributed by atoms with Crippen molar-refractivity contribution in [3.8, 4) is 5.75 Å². The van der Waals surface area contributed by atoms with Gasteiger partial charge in [0.25, 0.3) is 0 Å². The Morgan fingerprint density at radius 3 is 2.62 bits per heavy atom. The molecular formula is C19H28N2O4S. The summed E-state index contributed by atoms with van der Waals surface area (Å²) in [5.41, 5.74) is 1.04. The summed E-state index contributed by atoms with van der Waals surface area (Å²) < 4.78 is 28.6. The minimum atomic E-state index is -2.84. The fraction of sp³-hybridized carbons (Fsp3) is 0.632. The van der Waals surface area contributed by atoms with Crippen molar-refractivity contribution < 1.29 is 17.9 Å². The van der Waals surface area contributed by atoms with Gasteiger partial charge in [0.2, 0.25) is 5.91 Å². The quantitative estimate of drug-likeness (QED) is 0.807. The highest BCUT2D eigenvalue weighted by Gasteiger charge is 2.34. The van der Waals surface area contributed by atoms with Crippen LogP contribution >= 0.6 is 0 Å². The van der Waals surface area contributed by atoms with Crippen molar-refractivity contribution in [1.29, 1.82) is 0 Å². The first-order chi connectivity index (χ1) is 12.5. The third-order valence-electron chi connectivity index (χ3n) is 5.43. The molecular weight excluding hydrogens is 352 g/mol. The van der Waals surface area contributed by atoms with Crippen LogP contribution in [0.15, 0.2) is 24.3 Å². The topological polar surface area (TPSA) is 75.7 Å². The Bertz CT molecular complexity index is 727. The molecule has 1 aromatic carbocycles. The summed E-state index contributed by atoms with van der Waals surface area (Å²) in [5.74, 6) is 1.50. The average Bonchev–Trinajstić information content (AvgIpc) is 3.00. The monoisotopic (exact) mass is 380 g/mol. The van der Waals surface area contributed by atoms with E-state index in [1.165, 1.54) is 0 Å². The molecule has 2 aliphatic heterocycles. The fourth-order valence-electron chi connectivity index (χ4n) is 3.93. The molecule has 1 N–H and O–H groups in total. The van der Waals surface area contributed by atoms with E-state index in [-0.39, 0.29) is 18.0 Å². The van der Waals surface area contributed by atoms with Gasteiger partial charge in [0, 0.05) is 31.6 Å². The molecule has 0 radical (unpaired) electrons. The minimum Gasteiger partial charge on any atom is -0.496 e. The fourth-order valence-corrected chi connectivity index (χ4v) is 5.69. The zero-order valence-electron chi connectivity index (χ0n) is 15.3. The largest absolute Gasteiger partial charge is 0.496 e. The number of sulfone groups is 1. The molecule has 2 heterocycles. The number of carbonyl (C=O) groups is 1. The number of hydrogen-bond donors (Lipinski definition) is 1. The summed E-state index contributed by atoms with van der Waals surface area (Å²) in [6, 6.07) is 8.13. The van der Waals surface area contributed by atoms with Crippen molar-refractivity contribution in [3.05, 3.63) is 29.8 Å². The van der Waals surface area contributed by atoms with Crippen LogP contribution in [0, 0.1) is 0 Å². The van der Waals surface area contributed by atoms with Crippen LogP contribution in [-0.4, -0.2) is 63.0 Å². The summed E-state index contributed by atoms with van der Waals surface area (Å²) in [6.07, 6.45) is 3.63. The van der Waals surface area contributed by atoms with Gasteiger partial charge in [-0.05, 0) is 37.3 Å². The number of benzene rings is 1. The second-order valence-electron chi connectivity index (χ2n) is 7.25. The van der Waals surface area contributed by atoms with E-state index < -0.39 is 9.84 Å². The van der Waals surface area contributed by atoms with Crippen LogP contribution < -0.4 is 10.1 Å². The van der Waals surface area contributed by atoms with Gasteiger partial charge in [-0.3, -0.25) is 9.69 Å². The molecule has 0 bridgehead atoms. The lowest BCUT2D eigenvalue weighted by Gasteiger charge is -2.35. The van der Waals surface area contributed by atoms with E-state index in [0.29, 0.717) is 24.3 Å². The standard InChI is InChI=1S/C19H28N2O4S/c1-25-18-5-3-2-4-15(18)6-7-19(22)20-16-8-11-21(12-9-16)17-10-13-26(23,24)14-17/h2-5,16-17H,6-14H2,1H3,(H,20,22). The van der Waals surface area contributed by atoms with Gasteiger partial charge in [0.1, 0.15) is 5.75 Å². The molecule has 1 aromatic rings. The Kier molecular flexibility index (Phi) is 6.19. The molecule has 26 heavy (non-hydrogen) atoms. The third kappa shape index (κ3) is 4.98. The lowest BCUT2D eigenvalue weighted by molar-refractivity contribution is -0.122. The van der Waals surface area contributed by atoms with Gasteiger partial charge in [-0.15, -0.1) is 0 Å². The molecule has 1 unspecified atom stereocenters. The van der Waals surface area contributed by atoms with E-state index in [4.69, 9.17) is 4.74 Å². The predicted molar refractivity (Wildman–Crippen MR) is 101 cm³/mol. The molecule has 3 rings (SSSR count). The minimum absolute atomic E-state index is 0.0674. The van der Waals surface area contributed by atoms with Crippen molar-refractivity contribution in [2.75, 3.05) is 31.7 Å². The molecule has 6 nitrogen and oxygen atoms in total. The van der Waals surface area contributed by atoms with Crippen LogP contribution in [0.5, 0.6) is 5.75 Å². The zero-order chi connectivity index (χ0) is 18.6. The van der Waals surface area contributed by atoms with Crippen molar-refractivity contribution in [1.82, 2.24) is 10.2 Å². The number of likely N-dealkylation sites (tertiary alicyclic amines) is 1. The van der Waals surface area contributed by atoms with Crippen LogP contribution in [0.2, 0.25) is 0 Å². The first-order valence-electron chi connectivity index (χ1n) is 9.32. The molecule has 144 valence electrons. The number of hydrogen-bond acceptors (Lipinski definition) is 5. The molecule has 0 saturated carbocycles. The Hall–Kier alpha value is -1.60. The van der Waals surface area contributed by atoms with Crippen LogP contribution in [0.4, 0.5) is 0 Å². The number of nitrogens with one attached hydrogen (secondary N) is 1. The van der Waals surface area contributed by atoms with Gasteiger partial charge in [0.15, 0.2) is 9.84 Å². The number of amides is 1. The Balaban J connectivity index is 1.41. The first-order valence-corrected chi connectivity index (χ1v) is 11.1. The maximum absolute atomic E-state index is 12.3. The highest BCUT2D eigenvalue weighted by molar-refractivity contribution is 7.91. The lowest BCUT2D eigenvalue weighted by atomic mass is 10.0. The molecule has 2 saturated heterocycles. The van der Waals surface area contributed by atoms with Gasteiger partial charge in [0.05, 0.1) is 18.6 Å². The second kappa shape index (κ2) is 8.39. The predicted octanol–water partition coefficient (Wildman–Crippen LogP) is 1.40. The molecule has 1 amide bonds. The van der Waals surface area contributed by atoms with E-state index in [1.807, 2.05) is 24.3 Å². The second-order valence-corrected chi connectivity index (χ2v) is 9.48. The van der Waals surface area contributed by atoms with E-state index in [0.717, 1.165) is 43.7 Å². The number of para-hydroxylation sites is 1. The maximum Gasteiger partial charge on any atom is 0.220 e. The number of piperidine rings is 1. The van der Waals surface area contributed by atoms with Gasteiger partial charge < -0.3 is 10.1 Å². The summed E-state index contributed by atoms with van der Waals surface area (Å²) in [6.45, 7) is 1.72. The van der Waals surface area contributed by atoms with Crippen molar-refractivity contribution in [2.24, 2.45) is 0 Å². The Morgan fingerprint density at radius 1 is 1.23 bits per heavy atom. The van der Waals surface area contributed by atoms with Crippen molar-refractivity contribution in [2.45, 2.75) is 44.2 Å². The van der Waals surface area contributed by atoms with E-state index in [9.17, 15) is 13.2 Å². The van der Waals surface area contributed by atoms with E-state index >= 15 is 0 Å². The van der Waals surface area contributed by atoms with Crippen LogP contribution in [-0.2, 0) is 21.1 Å². The average molecular weight is 381 g/mol. The van der Waals surface area contributed by atoms with E-state index in [2.05, 4.69) is 10.2 Å². The summed E-state index contributed by atoms with van der Waals surface area (Å²) in [4.78, 5) is 14.5. The summed E-state index contributed by atoms with van der Waals surface area (Å²) in [7, 11) is -1.20. The van der Waals surface area contributed by atoms with Crippen molar-refractivity contribution >= 4 is 15.7 Å². The normalized spacial score (nSPS) is 23.7. The number of carbonyl (C=O) groups excluding carboxylic acids is 1. The zero-order valence-corrected chi connectivity index (χ0v) is 16.1. The van der Waals surface area contributed by atoms with Gasteiger partial charge in [-0.25, -0.2) is 8.42 Å². The summed E-state index contributed by atoms with van der Waals surface area (Å²) in [5, 5.41) is 3.13. The smallest absolute Gasteiger partial charge is 0.220 e. The first kappa shape index (κ1) is 19.2. The molecule has 0 aromatic heterocycles. The van der Waals surface area contributed by atoms with E-state index in [1.54, 1.807) is 7.11 Å². The van der Waals surface area contributed by atoms with Crippen LogP contribution in [0.25, 0.3) is 0 Å². The maximum atomic E-state index is 12.3. The molecule has 2 fully saturated rings. The van der Waals surface area contributed by atoms with Gasteiger partial charge in [-0.2, -0.15) is 0 Å². The van der Waals surface area contributed by atoms with Crippen molar-refractivity contribution in [3.63, 3.8) is 0 Å². The summed E-state index contributed by atoms with van der Waals surface area (Å²) >= 11 is 0. The molecule has 0 spiro atoms. The van der Waals surface area contributed by atoms with Gasteiger partial charge in [-0.1, -0.05) is 18.2 Å². The SMILES string of the molecule is COc1ccccc1CCC(=O)NC1CCN(C2CCS(=O)(=O)C2)CC1. The molecule has 0 aliphatic carbocycles. The lowest BCUT2D eigenvalue weighted by Crippen LogP contribution is -2.48. The van der Waals surface area contributed by atoms with Gasteiger partial charge >= 0.3 is 0 Å². The number of nitrogens with zero attached hydrogens (tertiary/aromatic N) is 1. The number of rotatable bonds is 6. The molecule has 2 aliphatic rings. The Morgan fingerprint density at radius 2 is 1.96 bits per heavy atom. The molecule has 7 heteroatoms. The molecule has 1 atom stereocenters. The van der Waals surface area contributed by atoms with Crippen LogP contribution in [0.1, 0.15) is 31.2 Å². The highest BCUT2D eigenvalue weighted by atomic mass is 32.2.